The average Bonchev–Trinajstić information content (AvgIpc) is 3.54. The second kappa shape index (κ2) is 11.0. The Kier molecular flexibility index (Phi) is 6.15. The molecule has 0 spiro atoms. The second-order valence-electron chi connectivity index (χ2n) is 12.4. The number of hydrogen-bond acceptors (Lipinski definition) is 4. The molecule has 2 aromatic heterocycles. The van der Waals surface area contributed by atoms with Crippen molar-refractivity contribution in [3.8, 4) is 45.3 Å². The van der Waals surface area contributed by atoms with Gasteiger partial charge in [0.15, 0.2) is 17.5 Å². The minimum Gasteiger partial charge on any atom is -0.456 e. The highest BCUT2D eigenvalue weighted by Gasteiger charge is 2.20. The van der Waals surface area contributed by atoms with Crippen LogP contribution in [0.4, 0.5) is 0 Å². The highest BCUT2D eigenvalue weighted by molar-refractivity contribution is 6.17. The van der Waals surface area contributed by atoms with Crippen LogP contribution in [0.3, 0.4) is 0 Å². The lowest BCUT2D eigenvalue weighted by Crippen LogP contribution is -2.01. The molecule has 228 valence electrons. The van der Waals surface area contributed by atoms with E-state index in [1.807, 2.05) is 36.4 Å². The van der Waals surface area contributed by atoms with Gasteiger partial charge in [-0.25, -0.2) is 15.0 Å². The third kappa shape index (κ3) is 4.57. The first-order valence-corrected chi connectivity index (χ1v) is 16.4. The van der Waals surface area contributed by atoms with E-state index in [-0.39, 0.29) is 0 Å². The molecule has 0 N–H and O–H groups in total. The molecule has 4 nitrogen and oxygen atoms in total. The highest BCUT2D eigenvalue weighted by Crippen LogP contribution is 2.42. The van der Waals surface area contributed by atoms with Crippen LogP contribution in [0, 0.1) is 0 Å². The predicted molar refractivity (Wildman–Crippen MR) is 201 cm³/mol. The summed E-state index contributed by atoms with van der Waals surface area (Å²) in [6.07, 6.45) is 0. The van der Waals surface area contributed by atoms with E-state index < -0.39 is 0 Å². The van der Waals surface area contributed by atoms with Crippen molar-refractivity contribution >= 4 is 54.3 Å². The Morgan fingerprint density at radius 1 is 0.327 bits per heavy atom. The van der Waals surface area contributed by atoms with Gasteiger partial charge in [0.2, 0.25) is 0 Å². The van der Waals surface area contributed by atoms with Gasteiger partial charge >= 0.3 is 0 Å². The Morgan fingerprint density at radius 3 is 1.65 bits per heavy atom. The summed E-state index contributed by atoms with van der Waals surface area (Å²) >= 11 is 0. The SMILES string of the molecule is c1ccc(-c2nc(-c3cc(-c4ccccc4)c4c(c3)oc3cc5ccccc5cc34)nc(-c3cc4ccccc4c4ccccc34)n2)cc1. The number of hydrogen-bond donors (Lipinski definition) is 0. The van der Waals surface area contributed by atoms with E-state index in [2.05, 4.69) is 127 Å². The number of aromatic nitrogens is 3. The van der Waals surface area contributed by atoms with Crippen molar-refractivity contribution in [3.05, 3.63) is 164 Å². The molecule has 0 atom stereocenters. The second-order valence-corrected chi connectivity index (χ2v) is 12.4. The molecule has 10 aromatic rings. The summed E-state index contributed by atoms with van der Waals surface area (Å²) in [5.74, 6) is 1.84. The van der Waals surface area contributed by atoms with Gasteiger partial charge in [-0.05, 0) is 73.8 Å². The Morgan fingerprint density at radius 2 is 0.898 bits per heavy atom. The number of rotatable bonds is 4. The fraction of sp³-hybridized carbons (Fsp3) is 0. The lowest BCUT2D eigenvalue weighted by molar-refractivity contribution is 0.669. The monoisotopic (exact) mass is 625 g/mol. The van der Waals surface area contributed by atoms with Gasteiger partial charge in [-0.1, -0.05) is 133 Å². The maximum atomic E-state index is 6.65. The van der Waals surface area contributed by atoms with Crippen molar-refractivity contribution in [1.82, 2.24) is 15.0 Å². The minimum absolute atomic E-state index is 0.589. The van der Waals surface area contributed by atoms with Crippen LogP contribution in [0.2, 0.25) is 0 Å². The first kappa shape index (κ1) is 27.5. The number of benzene rings is 8. The van der Waals surface area contributed by atoms with Crippen LogP contribution in [0.15, 0.2) is 168 Å². The van der Waals surface area contributed by atoms with Crippen LogP contribution in [-0.4, -0.2) is 15.0 Å². The molecule has 0 fully saturated rings. The molecule has 2 heterocycles. The maximum absolute atomic E-state index is 6.65. The smallest absolute Gasteiger partial charge is 0.164 e. The summed E-state index contributed by atoms with van der Waals surface area (Å²) in [5.41, 5.74) is 6.57. The van der Waals surface area contributed by atoms with Gasteiger partial charge in [0.1, 0.15) is 11.2 Å². The van der Waals surface area contributed by atoms with Crippen molar-refractivity contribution in [1.29, 1.82) is 0 Å². The third-order valence-electron chi connectivity index (χ3n) is 9.46. The van der Waals surface area contributed by atoms with Gasteiger partial charge in [0.25, 0.3) is 0 Å². The van der Waals surface area contributed by atoms with E-state index in [4.69, 9.17) is 19.4 Å². The normalized spacial score (nSPS) is 11.7. The van der Waals surface area contributed by atoms with Crippen LogP contribution in [0.5, 0.6) is 0 Å². The van der Waals surface area contributed by atoms with Gasteiger partial charge in [-0.2, -0.15) is 0 Å². The lowest BCUT2D eigenvalue weighted by Gasteiger charge is -2.13. The van der Waals surface area contributed by atoms with E-state index in [0.717, 1.165) is 65.9 Å². The molecule has 0 saturated carbocycles. The molecule has 4 heteroatoms. The van der Waals surface area contributed by atoms with Crippen LogP contribution in [0.25, 0.3) is 99.5 Å². The van der Waals surface area contributed by atoms with E-state index in [1.165, 1.54) is 16.2 Å². The fourth-order valence-corrected chi connectivity index (χ4v) is 7.15. The Hall–Kier alpha value is -6.65. The van der Waals surface area contributed by atoms with E-state index in [9.17, 15) is 0 Å². The average molecular weight is 626 g/mol. The molecule has 0 radical (unpaired) electrons. The highest BCUT2D eigenvalue weighted by atomic mass is 16.3. The summed E-state index contributed by atoms with van der Waals surface area (Å²) in [5, 5.41) is 9.10. The maximum Gasteiger partial charge on any atom is 0.164 e. The fourth-order valence-electron chi connectivity index (χ4n) is 7.15. The topological polar surface area (TPSA) is 51.8 Å². The van der Waals surface area contributed by atoms with Crippen molar-refractivity contribution in [2.45, 2.75) is 0 Å². The van der Waals surface area contributed by atoms with Crippen molar-refractivity contribution in [2.24, 2.45) is 0 Å². The summed E-state index contributed by atoms with van der Waals surface area (Å²) in [4.78, 5) is 15.5. The van der Waals surface area contributed by atoms with Crippen LogP contribution >= 0.6 is 0 Å². The Labute approximate surface area is 282 Å². The van der Waals surface area contributed by atoms with Gasteiger partial charge in [-0.3, -0.25) is 0 Å². The molecule has 49 heavy (non-hydrogen) atoms. The zero-order valence-electron chi connectivity index (χ0n) is 26.3. The molecule has 0 aliphatic rings. The molecule has 0 bridgehead atoms. The molecule has 10 rings (SSSR count). The molecular weight excluding hydrogens is 599 g/mol. The third-order valence-corrected chi connectivity index (χ3v) is 9.46. The molecule has 0 aliphatic carbocycles. The lowest BCUT2D eigenvalue weighted by atomic mass is 9.95. The van der Waals surface area contributed by atoms with Gasteiger partial charge < -0.3 is 4.42 Å². The molecule has 0 amide bonds. The number of fused-ring (bicyclic) bond motifs is 7. The van der Waals surface area contributed by atoms with Crippen LogP contribution < -0.4 is 0 Å². The Bertz CT molecular complexity index is 2880. The van der Waals surface area contributed by atoms with Crippen molar-refractivity contribution < 1.29 is 4.42 Å². The summed E-state index contributed by atoms with van der Waals surface area (Å²) in [7, 11) is 0. The number of furan rings is 1. The molecule has 0 unspecified atom stereocenters. The largest absolute Gasteiger partial charge is 0.456 e. The van der Waals surface area contributed by atoms with Gasteiger partial charge in [0, 0.05) is 27.5 Å². The standard InChI is InChI=1S/C45H27N3O/c1-3-13-28(14-4-1)37-25-33(27-41-42(37)39-23-30-17-7-8-18-31(30)26-40(39)49-41)44-46-43(29-15-5-2-6-16-29)47-45(48-44)38-24-32-19-9-10-20-34(32)35-21-11-12-22-36(35)38/h1-27H. The van der Waals surface area contributed by atoms with Crippen LogP contribution in [0.1, 0.15) is 0 Å². The predicted octanol–water partition coefficient (Wildman–Crippen LogP) is 11.9. The molecule has 0 aliphatic heterocycles. The summed E-state index contributed by atoms with van der Waals surface area (Å²) in [6.45, 7) is 0. The quantitative estimate of drug-likeness (QED) is 0.183. The van der Waals surface area contributed by atoms with Crippen molar-refractivity contribution in [2.75, 3.05) is 0 Å². The van der Waals surface area contributed by atoms with E-state index in [1.54, 1.807) is 0 Å². The molecule has 8 aromatic carbocycles. The first-order chi connectivity index (χ1) is 24.3. The number of nitrogens with zero attached hydrogens (tertiary/aromatic N) is 3. The zero-order chi connectivity index (χ0) is 32.3. The summed E-state index contributed by atoms with van der Waals surface area (Å²) < 4.78 is 6.65. The van der Waals surface area contributed by atoms with Crippen LogP contribution in [-0.2, 0) is 0 Å². The molecular formula is C45H27N3O. The molecule has 0 saturated heterocycles. The zero-order valence-corrected chi connectivity index (χ0v) is 26.3. The van der Waals surface area contributed by atoms with Gasteiger partial charge in [-0.15, -0.1) is 0 Å². The van der Waals surface area contributed by atoms with E-state index >= 15 is 0 Å². The van der Waals surface area contributed by atoms with Crippen molar-refractivity contribution in [3.63, 3.8) is 0 Å². The first-order valence-electron chi connectivity index (χ1n) is 16.4. The van der Waals surface area contributed by atoms with E-state index in [0.29, 0.717) is 17.5 Å². The minimum atomic E-state index is 0.589. The Balaban J connectivity index is 1.27. The van der Waals surface area contributed by atoms with Gasteiger partial charge in [0.05, 0.1) is 0 Å². The summed E-state index contributed by atoms with van der Waals surface area (Å²) in [6, 6.07) is 56.9.